The summed E-state index contributed by atoms with van der Waals surface area (Å²) in [7, 11) is 0. The van der Waals surface area contributed by atoms with Gasteiger partial charge in [0.2, 0.25) is 0 Å². The molecule has 0 aromatic heterocycles. The fraction of sp³-hybridized carbons (Fsp3) is 0.0769. The number of hydrogen-bond acceptors (Lipinski definition) is 2. The summed E-state index contributed by atoms with van der Waals surface area (Å²) >= 11 is 0. The molecule has 138 valence electrons. The summed E-state index contributed by atoms with van der Waals surface area (Å²) in [5.41, 5.74) is 8.03. The number of nitrogens with one attached hydrogen (secondary N) is 2. The van der Waals surface area contributed by atoms with E-state index >= 15 is 0 Å². The van der Waals surface area contributed by atoms with Gasteiger partial charge in [-0.15, -0.1) is 0 Å². The maximum atomic E-state index is 3.65. The molecule has 0 amide bonds. The van der Waals surface area contributed by atoms with Crippen molar-refractivity contribution in [1.29, 1.82) is 0 Å². The molecule has 0 saturated carbocycles. The highest BCUT2D eigenvalue weighted by Crippen LogP contribution is 2.33. The van der Waals surface area contributed by atoms with Crippen LogP contribution in [0.3, 0.4) is 0 Å². The normalized spacial score (nSPS) is 12.0. The minimum atomic E-state index is 0.00956. The Morgan fingerprint density at radius 2 is 1.31 bits per heavy atom. The summed E-state index contributed by atoms with van der Waals surface area (Å²) in [4.78, 5) is 0. The van der Waals surface area contributed by atoms with Gasteiger partial charge in [0, 0.05) is 27.9 Å². The van der Waals surface area contributed by atoms with Crippen molar-refractivity contribution in [2.75, 3.05) is 10.5 Å². The lowest BCUT2D eigenvalue weighted by atomic mass is 9.65. The maximum absolute atomic E-state index is 3.65. The van der Waals surface area contributed by atoms with Crippen molar-refractivity contribution in [3.05, 3.63) is 101 Å². The molecule has 0 aliphatic carbocycles. The highest BCUT2D eigenvalue weighted by atomic mass is 15.0. The van der Waals surface area contributed by atoms with Crippen LogP contribution in [0.5, 0.6) is 0 Å². The van der Waals surface area contributed by atoms with Crippen LogP contribution in [0.4, 0.5) is 11.4 Å². The van der Waals surface area contributed by atoms with Crippen LogP contribution >= 0.6 is 0 Å². The smallest absolute Gasteiger partial charge is 0.405 e. The fourth-order valence-corrected chi connectivity index (χ4v) is 3.93. The standard InChI is InChI=1S/C26H21BN2/c1-18-9-11-20(12-10-18)13-14-21-15-19(2)16-23(17-21)27-28-24-7-3-5-22-6-4-8-25(29-27)26(22)24/h3-12,15-17,28-29H,1-2H3. The highest BCUT2D eigenvalue weighted by Gasteiger charge is 2.25. The summed E-state index contributed by atoms with van der Waals surface area (Å²) < 4.78 is 0. The van der Waals surface area contributed by atoms with E-state index in [1.165, 1.54) is 27.4 Å². The zero-order valence-electron chi connectivity index (χ0n) is 16.6. The van der Waals surface area contributed by atoms with Crippen molar-refractivity contribution in [3.63, 3.8) is 0 Å². The van der Waals surface area contributed by atoms with E-state index in [4.69, 9.17) is 0 Å². The van der Waals surface area contributed by atoms with Crippen molar-refractivity contribution in [2.24, 2.45) is 0 Å². The molecule has 0 spiro atoms. The second kappa shape index (κ2) is 7.07. The van der Waals surface area contributed by atoms with E-state index in [1.807, 2.05) is 0 Å². The molecule has 0 unspecified atom stereocenters. The predicted octanol–water partition coefficient (Wildman–Crippen LogP) is 5.09. The van der Waals surface area contributed by atoms with Gasteiger partial charge in [-0.05, 0) is 61.1 Å². The van der Waals surface area contributed by atoms with E-state index in [0.29, 0.717) is 0 Å². The first kappa shape index (κ1) is 17.5. The molecule has 0 saturated heterocycles. The Balaban J connectivity index is 1.49. The summed E-state index contributed by atoms with van der Waals surface area (Å²) in [6, 6.07) is 27.7. The Bertz CT molecular complexity index is 1240. The molecule has 2 nitrogen and oxygen atoms in total. The van der Waals surface area contributed by atoms with Crippen molar-refractivity contribution < 1.29 is 0 Å². The first-order valence-electron chi connectivity index (χ1n) is 9.91. The summed E-state index contributed by atoms with van der Waals surface area (Å²) in [6.45, 7) is 4.22. The second-order valence-electron chi connectivity index (χ2n) is 7.68. The largest absolute Gasteiger partial charge is 0.406 e. The van der Waals surface area contributed by atoms with Crippen LogP contribution in [0.1, 0.15) is 22.3 Å². The lowest BCUT2D eigenvalue weighted by molar-refractivity contribution is 1.45. The molecule has 29 heavy (non-hydrogen) atoms. The van der Waals surface area contributed by atoms with Crippen LogP contribution < -0.4 is 15.9 Å². The Labute approximate surface area is 172 Å². The molecule has 0 bridgehead atoms. The zero-order valence-corrected chi connectivity index (χ0v) is 16.6. The molecule has 1 aliphatic rings. The molecule has 1 aliphatic heterocycles. The average Bonchev–Trinajstić information content (AvgIpc) is 2.73. The molecule has 2 N–H and O–H groups in total. The third kappa shape index (κ3) is 3.46. The quantitative estimate of drug-likeness (QED) is 0.359. The minimum Gasteiger partial charge on any atom is -0.405 e. The van der Waals surface area contributed by atoms with E-state index in [9.17, 15) is 0 Å². The molecular weight excluding hydrogens is 351 g/mol. The first-order chi connectivity index (χ1) is 14.2. The van der Waals surface area contributed by atoms with E-state index in [-0.39, 0.29) is 6.98 Å². The van der Waals surface area contributed by atoms with Gasteiger partial charge in [0.25, 0.3) is 0 Å². The summed E-state index contributed by atoms with van der Waals surface area (Å²) in [5, 5.41) is 9.80. The average molecular weight is 372 g/mol. The van der Waals surface area contributed by atoms with Gasteiger partial charge >= 0.3 is 6.98 Å². The molecule has 4 aromatic carbocycles. The summed E-state index contributed by atoms with van der Waals surface area (Å²) in [6.07, 6.45) is 0. The molecule has 0 atom stereocenters. The lowest BCUT2D eigenvalue weighted by Crippen LogP contribution is -2.48. The lowest BCUT2D eigenvalue weighted by Gasteiger charge is -2.27. The SMILES string of the molecule is Cc1ccc(C#Cc2cc(C)cc(B3Nc4cccc5cccc(c45)N3)c2)cc1. The Morgan fingerprint density at radius 3 is 2.00 bits per heavy atom. The predicted molar refractivity (Wildman–Crippen MR) is 125 cm³/mol. The fourth-order valence-electron chi connectivity index (χ4n) is 3.93. The molecule has 4 aromatic rings. The topological polar surface area (TPSA) is 24.1 Å². The second-order valence-corrected chi connectivity index (χ2v) is 7.68. The van der Waals surface area contributed by atoms with Crippen molar-refractivity contribution in [3.8, 4) is 11.8 Å². The van der Waals surface area contributed by atoms with E-state index in [1.54, 1.807) is 0 Å². The van der Waals surface area contributed by atoms with Gasteiger partial charge in [-0.3, -0.25) is 0 Å². The monoisotopic (exact) mass is 372 g/mol. The van der Waals surface area contributed by atoms with Crippen LogP contribution in [0.25, 0.3) is 10.8 Å². The maximum Gasteiger partial charge on any atom is 0.406 e. The van der Waals surface area contributed by atoms with Crippen LogP contribution in [0.15, 0.2) is 78.9 Å². The van der Waals surface area contributed by atoms with Gasteiger partial charge in [-0.1, -0.05) is 65.4 Å². The number of benzene rings is 4. The van der Waals surface area contributed by atoms with E-state index < -0.39 is 0 Å². The highest BCUT2D eigenvalue weighted by molar-refractivity contribution is 6.80. The minimum absolute atomic E-state index is 0.00956. The van der Waals surface area contributed by atoms with Gasteiger partial charge in [0.15, 0.2) is 0 Å². The Morgan fingerprint density at radius 1 is 0.655 bits per heavy atom. The Hall–Kier alpha value is -3.64. The number of rotatable bonds is 1. The summed E-state index contributed by atoms with van der Waals surface area (Å²) in [5.74, 6) is 6.62. The van der Waals surface area contributed by atoms with Crippen LogP contribution in [-0.4, -0.2) is 6.98 Å². The van der Waals surface area contributed by atoms with E-state index in [0.717, 1.165) is 22.5 Å². The third-order valence-electron chi connectivity index (χ3n) is 5.34. The van der Waals surface area contributed by atoms with E-state index in [2.05, 4.69) is 115 Å². The van der Waals surface area contributed by atoms with Crippen molar-refractivity contribution in [1.82, 2.24) is 0 Å². The molecule has 1 heterocycles. The third-order valence-corrected chi connectivity index (χ3v) is 5.34. The van der Waals surface area contributed by atoms with Crippen LogP contribution in [0.2, 0.25) is 0 Å². The zero-order chi connectivity index (χ0) is 19.8. The molecule has 0 radical (unpaired) electrons. The first-order valence-corrected chi connectivity index (χ1v) is 9.91. The van der Waals surface area contributed by atoms with Gasteiger partial charge in [-0.2, -0.15) is 0 Å². The van der Waals surface area contributed by atoms with Gasteiger partial charge < -0.3 is 10.5 Å². The van der Waals surface area contributed by atoms with Crippen LogP contribution in [-0.2, 0) is 0 Å². The van der Waals surface area contributed by atoms with Crippen molar-refractivity contribution in [2.45, 2.75) is 13.8 Å². The number of anilines is 2. The van der Waals surface area contributed by atoms with Crippen molar-refractivity contribution >= 4 is 34.6 Å². The molecular formula is C26H21BN2. The number of hydrogen-bond donors (Lipinski definition) is 2. The van der Waals surface area contributed by atoms with Crippen LogP contribution in [0, 0.1) is 25.7 Å². The van der Waals surface area contributed by atoms with Gasteiger partial charge in [0.05, 0.1) is 0 Å². The molecule has 5 rings (SSSR count). The molecule has 3 heteroatoms. The van der Waals surface area contributed by atoms with Gasteiger partial charge in [0.1, 0.15) is 0 Å². The van der Waals surface area contributed by atoms with Gasteiger partial charge in [-0.25, -0.2) is 0 Å². The Kier molecular flexibility index (Phi) is 4.26. The molecule has 0 fully saturated rings. The number of aryl methyl sites for hydroxylation is 2.